The second-order valence-electron chi connectivity index (χ2n) is 4.75. The molecule has 1 atom stereocenters. The summed E-state index contributed by atoms with van der Waals surface area (Å²) in [5.41, 5.74) is 0.809. The fraction of sp³-hybridized carbons (Fsp3) is 0.533. The number of halogens is 1. The van der Waals surface area contributed by atoms with Gasteiger partial charge in [-0.1, -0.05) is 12.1 Å². The van der Waals surface area contributed by atoms with Crippen molar-refractivity contribution >= 4 is 17.5 Å². The number of hydrogen-bond acceptors (Lipinski definition) is 2. The van der Waals surface area contributed by atoms with Gasteiger partial charge in [0.2, 0.25) is 5.91 Å². The molecule has 104 valence electrons. The molecule has 1 heterocycles. The largest absolute Gasteiger partial charge is 0.494 e. The molecule has 1 amide bonds. The lowest BCUT2D eigenvalue weighted by Gasteiger charge is -2.28. The first-order valence-corrected chi connectivity index (χ1v) is 7.31. The van der Waals surface area contributed by atoms with Crippen molar-refractivity contribution in [1.82, 2.24) is 4.90 Å². The molecule has 2 rings (SSSR count). The van der Waals surface area contributed by atoms with Crippen molar-refractivity contribution in [3.05, 3.63) is 29.8 Å². The number of likely N-dealkylation sites (tertiary alicyclic amines) is 1. The third kappa shape index (κ3) is 3.63. The summed E-state index contributed by atoms with van der Waals surface area (Å²) in [6, 6.07) is 7.48. The number of piperidine rings is 1. The first-order valence-electron chi connectivity index (χ1n) is 6.88. The van der Waals surface area contributed by atoms with Gasteiger partial charge in [-0.2, -0.15) is 0 Å². The molecule has 19 heavy (non-hydrogen) atoms. The SMILES string of the molecule is CCOc1cccc(C(Cl)C(=O)N2CCCCC2)c1. The van der Waals surface area contributed by atoms with Gasteiger partial charge in [-0.25, -0.2) is 0 Å². The number of nitrogens with zero attached hydrogens (tertiary/aromatic N) is 1. The summed E-state index contributed by atoms with van der Waals surface area (Å²) in [7, 11) is 0. The molecule has 0 N–H and O–H groups in total. The Morgan fingerprint density at radius 2 is 2.11 bits per heavy atom. The number of benzene rings is 1. The minimum absolute atomic E-state index is 0.00927. The van der Waals surface area contributed by atoms with Gasteiger partial charge in [-0.3, -0.25) is 4.79 Å². The Morgan fingerprint density at radius 1 is 1.37 bits per heavy atom. The number of rotatable bonds is 4. The van der Waals surface area contributed by atoms with E-state index >= 15 is 0 Å². The Kier molecular flexibility index (Phi) is 5.08. The van der Waals surface area contributed by atoms with E-state index in [2.05, 4.69) is 0 Å². The van der Waals surface area contributed by atoms with Crippen molar-refractivity contribution in [2.75, 3.05) is 19.7 Å². The highest BCUT2D eigenvalue weighted by atomic mass is 35.5. The Morgan fingerprint density at radius 3 is 2.79 bits per heavy atom. The Bertz CT molecular complexity index is 430. The minimum atomic E-state index is -0.612. The molecule has 1 unspecified atom stereocenters. The van der Waals surface area contributed by atoms with Crippen molar-refractivity contribution in [3.8, 4) is 5.75 Å². The van der Waals surface area contributed by atoms with Gasteiger partial charge in [0.1, 0.15) is 11.1 Å². The molecule has 3 nitrogen and oxygen atoms in total. The highest BCUT2D eigenvalue weighted by molar-refractivity contribution is 6.30. The lowest BCUT2D eigenvalue weighted by molar-refractivity contribution is -0.131. The lowest BCUT2D eigenvalue weighted by atomic mass is 10.1. The van der Waals surface area contributed by atoms with E-state index in [0.29, 0.717) is 6.61 Å². The lowest BCUT2D eigenvalue weighted by Crippen LogP contribution is -2.37. The number of carbonyl (C=O) groups is 1. The van der Waals surface area contributed by atoms with E-state index in [1.54, 1.807) is 0 Å². The summed E-state index contributed by atoms with van der Waals surface area (Å²) in [5.74, 6) is 0.770. The van der Waals surface area contributed by atoms with Gasteiger partial charge < -0.3 is 9.64 Å². The van der Waals surface area contributed by atoms with Gasteiger partial charge in [0.05, 0.1) is 6.61 Å². The Balaban J connectivity index is 2.07. The normalized spacial score (nSPS) is 17.1. The highest BCUT2D eigenvalue weighted by Gasteiger charge is 2.25. The Labute approximate surface area is 119 Å². The molecular weight excluding hydrogens is 262 g/mol. The van der Waals surface area contributed by atoms with Crippen molar-refractivity contribution in [2.45, 2.75) is 31.6 Å². The minimum Gasteiger partial charge on any atom is -0.494 e. The van der Waals surface area contributed by atoms with Crippen LogP contribution in [-0.4, -0.2) is 30.5 Å². The zero-order valence-corrected chi connectivity index (χ0v) is 12.0. The third-order valence-corrected chi connectivity index (χ3v) is 3.78. The van der Waals surface area contributed by atoms with Crippen LogP contribution in [0.1, 0.15) is 37.1 Å². The van der Waals surface area contributed by atoms with Gasteiger partial charge in [-0.15, -0.1) is 11.6 Å². The predicted octanol–water partition coefficient (Wildman–Crippen LogP) is 3.38. The van der Waals surface area contributed by atoms with Crippen LogP contribution in [0.4, 0.5) is 0 Å². The highest BCUT2D eigenvalue weighted by Crippen LogP contribution is 2.27. The molecule has 1 fully saturated rings. The molecule has 0 saturated carbocycles. The van der Waals surface area contributed by atoms with Crippen LogP contribution in [0.2, 0.25) is 0 Å². The molecule has 0 aromatic heterocycles. The van der Waals surface area contributed by atoms with Crippen molar-refractivity contribution in [2.24, 2.45) is 0 Å². The molecule has 1 aromatic rings. The summed E-state index contributed by atoms with van der Waals surface area (Å²) in [4.78, 5) is 14.2. The number of alkyl halides is 1. The second kappa shape index (κ2) is 6.80. The van der Waals surface area contributed by atoms with Crippen molar-refractivity contribution in [3.63, 3.8) is 0 Å². The van der Waals surface area contributed by atoms with E-state index in [0.717, 1.165) is 37.2 Å². The van der Waals surface area contributed by atoms with E-state index in [1.165, 1.54) is 6.42 Å². The van der Waals surface area contributed by atoms with E-state index in [4.69, 9.17) is 16.3 Å². The van der Waals surface area contributed by atoms with Gasteiger partial charge in [0.15, 0.2) is 0 Å². The molecule has 1 aromatic carbocycles. The zero-order chi connectivity index (χ0) is 13.7. The van der Waals surface area contributed by atoms with E-state index < -0.39 is 5.38 Å². The zero-order valence-electron chi connectivity index (χ0n) is 11.3. The fourth-order valence-electron chi connectivity index (χ4n) is 2.35. The maximum Gasteiger partial charge on any atom is 0.245 e. The third-order valence-electron chi connectivity index (χ3n) is 3.35. The van der Waals surface area contributed by atoms with Crippen molar-refractivity contribution in [1.29, 1.82) is 0 Å². The summed E-state index contributed by atoms with van der Waals surface area (Å²) in [6.45, 7) is 4.20. The average Bonchev–Trinajstić information content (AvgIpc) is 2.47. The number of amides is 1. The molecule has 0 aliphatic carbocycles. The van der Waals surface area contributed by atoms with Crippen molar-refractivity contribution < 1.29 is 9.53 Å². The van der Waals surface area contributed by atoms with Gasteiger partial charge in [-0.05, 0) is 43.9 Å². The number of hydrogen-bond donors (Lipinski definition) is 0. The van der Waals surface area contributed by atoms with Crippen LogP contribution in [-0.2, 0) is 4.79 Å². The van der Waals surface area contributed by atoms with E-state index in [-0.39, 0.29) is 5.91 Å². The van der Waals surface area contributed by atoms with Crippen LogP contribution in [0.15, 0.2) is 24.3 Å². The van der Waals surface area contributed by atoms with Gasteiger partial charge in [0.25, 0.3) is 0 Å². The first-order chi connectivity index (χ1) is 9.22. The number of ether oxygens (including phenoxy) is 1. The van der Waals surface area contributed by atoms with Crippen LogP contribution in [0, 0.1) is 0 Å². The summed E-state index contributed by atoms with van der Waals surface area (Å²) in [6.07, 6.45) is 3.36. The monoisotopic (exact) mass is 281 g/mol. The molecule has 0 spiro atoms. The quantitative estimate of drug-likeness (QED) is 0.792. The average molecular weight is 282 g/mol. The first kappa shape index (κ1) is 14.2. The molecule has 0 radical (unpaired) electrons. The topological polar surface area (TPSA) is 29.5 Å². The molecular formula is C15H20ClNO2. The fourth-order valence-corrected chi connectivity index (χ4v) is 2.62. The maximum atomic E-state index is 12.3. The summed E-state index contributed by atoms with van der Waals surface area (Å²) < 4.78 is 5.44. The van der Waals surface area contributed by atoms with E-state index in [9.17, 15) is 4.79 Å². The van der Waals surface area contributed by atoms with E-state index in [1.807, 2.05) is 36.1 Å². The van der Waals surface area contributed by atoms with Crippen LogP contribution in [0.25, 0.3) is 0 Å². The van der Waals surface area contributed by atoms with Crippen LogP contribution in [0.5, 0.6) is 5.75 Å². The van der Waals surface area contributed by atoms with Gasteiger partial charge in [0, 0.05) is 13.1 Å². The molecule has 1 saturated heterocycles. The van der Waals surface area contributed by atoms with Crippen LogP contribution < -0.4 is 4.74 Å². The molecule has 4 heteroatoms. The second-order valence-corrected chi connectivity index (χ2v) is 5.19. The maximum absolute atomic E-state index is 12.3. The van der Waals surface area contributed by atoms with Gasteiger partial charge >= 0.3 is 0 Å². The molecule has 1 aliphatic heterocycles. The Hall–Kier alpha value is -1.22. The van der Waals surface area contributed by atoms with Crippen LogP contribution >= 0.6 is 11.6 Å². The molecule has 1 aliphatic rings. The smallest absolute Gasteiger partial charge is 0.245 e. The standard InChI is InChI=1S/C15H20ClNO2/c1-2-19-13-8-6-7-12(11-13)14(16)15(18)17-9-4-3-5-10-17/h6-8,11,14H,2-5,9-10H2,1H3. The van der Waals surface area contributed by atoms with Crippen LogP contribution in [0.3, 0.4) is 0 Å². The number of carbonyl (C=O) groups excluding carboxylic acids is 1. The molecule has 0 bridgehead atoms. The summed E-state index contributed by atoms with van der Waals surface area (Å²) >= 11 is 6.32. The predicted molar refractivity (Wildman–Crippen MR) is 76.6 cm³/mol. The summed E-state index contributed by atoms with van der Waals surface area (Å²) in [5, 5.41) is -0.612.